The average molecular weight is 706 g/mol. The minimum atomic E-state index is -4.31. The van der Waals surface area contributed by atoms with Crippen LogP contribution < -0.4 is 38.5 Å². The van der Waals surface area contributed by atoms with E-state index in [4.69, 9.17) is 44.8 Å². The molecule has 0 aliphatic carbocycles. The summed E-state index contributed by atoms with van der Waals surface area (Å²) in [6, 6.07) is 13.5. The molecule has 0 saturated carbocycles. The number of fused-ring (bicyclic) bond motifs is 1. The summed E-state index contributed by atoms with van der Waals surface area (Å²) in [4.78, 5) is 24.7. The molecule has 47 heavy (non-hydrogen) atoms. The van der Waals surface area contributed by atoms with Gasteiger partial charge < -0.3 is 33.2 Å². The van der Waals surface area contributed by atoms with Crippen LogP contribution in [0.15, 0.2) is 65.7 Å². The fourth-order valence-corrected chi connectivity index (χ4v) is 5.26. The van der Waals surface area contributed by atoms with Gasteiger partial charge in [0.1, 0.15) is 37.1 Å². The van der Waals surface area contributed by atoms with Gasteiger partial charge in [-0.25, -0.2) is 18.2 Å². The minimum absolute atomic E-state index is 0.0383. The lowest BCUT2D eigenvalue weighted by molar-refractivity contribution is 0.134. The second-order valence-electron chi connectivity index (χ2n) is 9.17. The summed E-state index contributed by atoms with van der Waals surface area (Å²) < 4.78 is 68.4. The summed E-state index contributed by atoms with van der Waals surface area (Å²) in [7, 11) is -2.85. The van der Waals surface area contributed by atoms with Gasteiger partial charge in [0.2, 0.25) is 12.5 Å². The molecule has 0 saturated heterocycles. The van der Waals surface area contributed by atoms with E-state index in [0.29, 0.717) is 23.1 Å². The van der Waals surface area contributed by atoms with Crippen LogP contribution in [0.5, 0.6) is 40.6 Å². The van der Waals surface area contributed by atoms with E-state index in [0.717, 1.165) is 0 Å². The zero-order valence-corrected chi connectivity index (χ0v) is 27.3. The van der Waals surface area contributed by atoms with Crippen molar-refractivity contribution in [3.8, 4) is 40.6 Å². The molecule has 5 rings (SSSR count). The fourth-order valence-electron chi connectivity index (χ4n) is 3.83. The molecule has 3 heterocycles. The molecule has 1 aliphatic heterocycles. The first-order valence-electron chi connectivity index (χ1n) is 13.7. The predicted molar refractivity (Wildman–Crippen MR) is 172 cm³/mol. The van der Waals surface area contributed by atoms with Crippen molar-refractivity contribution >= 4 is 51.1 Å². The number of pyridine rings is 1. The van der Waals surface area contributed by atoms with Crippen LogP contribution in [0, 0.1) is 0 Å². The Balaban J connectivity index is 1.46. The Labute approximate surface area is 278 Å². The largest absolute Gasteiger partial charge is 0.497 e. The number of ether oxygens (including phenoxy) is 7. The van der Waals surface area contributed by atoms with E-state index in [-0.39, 0.29) is 71.5 Å². The molecule has 2 aromatic heterocycles. The number of anilines is 2. The first kappa shape index (κ1) is 33.5. The van der Waals surface area contributed by atoms with E-state index < -0.39 is 16.1 Å². The Morgan fingerprint density at radius 2 is 1.87 bits per heavy atom. The van der Waals surface area contributed by atoms with E-state index in [2.05, 4.69) is 25.0 Å². The number of nitrogens with zero attached hydrogens (tertiary/aromatic N) is 3. The van der Waals surface area contributed by atoms with Gasteiger partial charge in [0.15, 0.2) is 17.3 Å². The van der Waals surface area contributed by atoms with Gasteiger partial charge in [-0.15, -0.1) is 0 Å². The molecule has 2 aromatic carbocycles. The number of carbonyl (C=O) groups is 1. The van der Waals surface area contributed by atoms with Crippen molar-refractivity contribution in [3.63, 3.8) is 0 Å². The van der Waals surface area contributed by atoms with Crippen molar-refractivity contribution in [2.45, 2.75) is 4.90 Å². The predicted octanol–water partition coefficient (Wildman–Crippen LogP) is 5.22. The standard InChI is InChI=1S/C29H28ClN5O10S2/c1-39-18-6-8-20(30)22(15-18)45-25-26(35-47(37,38)19-7-9-21-23(16-19)44-17-43-21)33-28(41-13-14-46-2)34-27(25)40-11-12-42-29(36)32-24-5-3-4-10-31-24/h3-10,15-16H,11-14,17H2,1-2H3,(H,31,32,36)(H,33,34,35). The van der Waals surface area contributed by atoms with Gasteiger partial charge in [0.05, 0.1) is 17.0 Å². The fraction of sp³-hybridized carbons (Fsp3) is 0.241. The van der Waals surface area contributed by atoms with Crippen LogP contribution in [0.3, 0.4) is 0 Å². The number of aromatic nitrogens is 3. The van der Waals surface area contributed by atoms with Crippen molar-refractivity contribution in [1.82, 2.24) is 15.0 Å². The number of halogens is 1. The summed E-state index contributed by atoms with van der Waals surface area (Å²) in [5.41, 5.74) is 0. The number of sulfonamides is 1. The second-order valence-corrected chi connectivity index (χ2v) is 12.2. The van der Waals surface area contributed by atoms with Crippen LogP contribution in [-0.2, 0) is 14.8 Å². The van der Waals surface area contributed by atoms with Crippen molar-refractivity contribution < 1.29 is 46.4 Å². The summed E-state index contributed by atoms with van der Waals surface area (Å²) >= 11 is 7.93. The Morgan fingerprint density at radius 3 is 2.66 bits per heavy atom. The molecule has 0 bridgehead atoms. The normalized spacial score (nSPS) is 11.8. The van der Waals surface area contributed by atoms with Gasteiger partial charge >= 0.3 is 12.1 Å². The van der Waals surface area contributed by atoms with Gasteiger partial charge in [-0.2, -0.15) is 21.7 Å². The number of amides is 1. The van der Waals surface area contributed by atoms with Gasteiger partial charge in [0, 0.05) is 24.1 Å². The molecule has 0 atom stereocenters. The SMILES string of the molecule is COc1ccc(Cl)c(Oc2c(NS(=O)(=O)c3ccc4c(c3)OCO4)nc(OCCSC)nc2OCCOC(=O)Nc2ccccn2)c1. The molecule has 0 unspecified atom stereocenters. The molecule has 0 spiro atoms. The Hall–Kier alpha value is -4.87. The molecular formula is C29H28ClN5O10S2. The number of nitrogens with one attached hydrogen (secondary N) is 2. The molecule has 0 fully saturated rings. The second kappa shape index (κ2) is 15.6. The zero-order valence-electron chi connectivity index (χ0n) is 24.9. The van der Waals surface area contributed by atoms with Crippen molar-refractivity contribution in [2.24, 2.45) is 0 Å². The first-order chi connectivity index (χ1) is 22.8. The Morgan fingerprint density at radius 1 is 1.02 bits per heavy atom. The topological polar surface area (TPSA) is 179 Å². The number of benzene rings is 2. The highest BCUT2D eigenvalue weighted by Gasteiger charge is 2.27. The summed E-state index contributed by atoms with van der Waals surface area (Å²) in [6.07, 6.45) is 2.64. The van der Waals surface area contributed by atoms with Gasteiger partial charge in [-0.3, -0.25) is 10.0 Å². The van der Waals surface area contributed by atoms with Crippen molar-refractivity contribution in [1.29, 1.82) is 0 Å². The summed E-state index contributed by atoms with van der Waals surface area (Å²) in [5, 5.41) is 2.65. The number of hydrogen-bond donors (Lipinski definition) is 2. The van der Waals surface area contributed by atoms with Crippen LogP contribution in [0.4, 0.5) is 16.4 Å². The smallest absolute Gasteiger partial charge is 0.412 e. The van der Waals surface area contributed by atoms with E-state index in [1.807, 2.05) is 6.26 Å². The lowest BCUT2D eigenvalue weighted by atomic mass is 10.3. The maximum atomic E-state index is 13.6. The maximum Gasteiger partial charge on any atom is 0.412 e. The van der Waals surface area contributed by atoms with Crippen LogP contribution >= 0.6 is 23.4 Å². The van der Waals surface area contributed by atoms with Crippen LogP contribution in [-0.4, -0.2) is 75.2 Å². The highest BCUT2D eigenvalue weighted by molar-refractivity contribution is 7.98. The lowest BCUT2D eigenvalue weighted by Crippen LogP contribution is -2.19. The molecule has 4 aromatic rings. The molecule has 248 valence electrons. The molecule has 18 heteroatoms. The number of carbonyl (C=O) groups excluding carboxylic acids is 1. The first-order valence-corrected chi connectivity index (χ1v) is 17.0. The van der Waals surface area contributed by atoms with Gasteiger partial charge in [0.25, 0.3) is 15.9 Å². The highest BCUT2D eigenvalue weighted by Crippen LogP contribution is 2.42. The maximum absolute atomic E-state index is 13.6. The zero-order chi connectivity index (χ0) is 33.2. The molecule has 15 nitrogen and oxygen atoms in total. The number of thioether (sulfide) groups is 1. The van der Waals surface area contributed by atoms with Crippen LogP contribution in [0.25, 0.3) is 0 Å². The number of rotatable bonds is 15. The lowest BCUT2D eigenvalue weighted by Gasteiger charge is -2.18. The van der Waals surface area contributed by atoms with Gasteiger partial charge in [-0.1, -0.05) is 17.7 Å². The molecule has 0 radical (unpaired) electrons. The average Bonchev–Trinajstić information content (AvgIpc) is 3.54. The molecule has 1 aliphatic rings. The molecular weight excluding hydrogens is 678 g/mol. The molecule has 2 N–H and O–H groups in total. The van der Waals surface area contributed by atoms with Crippen molar-refractivity contribution in [2.75, 3.05) is 55.8 Å². The van der Waals surface area contributed by atoms with Crippen LogP contribution in [0.1, 0.15) is 0 Å². The van der Waals surface area contributed by atoms with E-state index in [1.54, 1.807) is 24.3 Å². The third-order valence-electron chi connectivity index (χ3n) is 6.02. The third-order valence-corrected chi connectivity index (χ3v) is 8.24. The molecule has 1 amide bonds. The van der Waals surface area contributed by atoms with Gasteiger partial charge in [-0.05, 0) is 42.7 Å². The summed E-state index contributed by atoms with van der Waals surface area (Å²) in [6.45, 7) is -0.298. The van der Waals surface area contributed by atoms with E-state index in [1.165, 1.54) is 55.4 Å². The Bertz CT molecular complexity index is 1820. The van der Waals surface area contributed by atoms with Crippen molar-refractivity contribution in [3.05, 3.63) is 65.8 Å². The highest BCUT2D eigenvalue weighted by atomic mass is 35.5. The number of hydrogen-bond acceptors (Lipinski definition) is 14. The monoisotopic (exact) mass is 705 g/mol. The Kier molecular flexibility index (Phi) is 11.1. The van der Waals surface area contributed by atoms with E-state index in [9.17, 15) is 13.2 Å². The quantitative estimate of drug-likeness (QED) is 0.154. The minimum Gasteiger partial charge on any atom is -0.497 e. The van der Waals surface area contributed by atoms with E-state index >= 15 is 0 Å². The van der Waals surface area contributed by atoms with Crippen LogP contribution in [0.2, 0.25) is 5.02 Å². The third kappa shape index (κ3) is 8.90. The number of methoxy groups -OCH3 is 1. The summed E-state index contributed by atoms with van der Waals surface area (Å²) in [5.74, 6) is 1.19.